The molecule has 0 saturated heterocycles. The Hall–Kier alpha value is -5.26. The summed E-state index contributed by atoms with van der Waals surface area (Å²) in [5.41, 5.74) is 23.0. The number of rotatable bonds is 4. The highest BCUT2D eigenvalue weighted by Crippen LogP contribution is 2.54. The molecule has 0 atom stereocenters. The number of hydrogen-bond donors (Lipinski definition) is 0. The second kappa shape index (κ2) is 15.1. The molecule has 0 N–H and O–H groups in total. The van der Waals surface area contributed by atoms with E-state index < -0.39 is 8.07 Å². The molecule has 0 fully saturated rings. The number of fused-ring (bicyclic) bond motifs is 8. The Kier molecular flexibility index (Phi) is 10.2. The van der Waals surface area contributed by atoms with E-state index in [2.05, 4.69) is 236 Å². The topological polar surface area (TPSA) is 19.6 Å². The van der Waals surface area contributed by atoms with Crippen LogP contribution in [0, 0.1) is 0 Å². The molecule has 0 saturated carbocycles. The first-order chi connectivity index (χ1) is 32.6. The minimum atomic E-state index is -1.52. The molecule has 70 heavy (non-hydrogen) atoms. The van der Waals surface area contributed by atoms with Crippen molar-refractivity contribution < 1.29 is 4.42 Å². The molecule has 0 unspecified atom stereocenters. The van der Waals surface area contributed by atoms with E-state index in [0.29, 0.717) is 0 Å². The average Bonchev–Trinajstić information content (AvgIpc) is 3.66. The van der Waals surface area contributed by atoms with Gasteiger partial charge in [-0.1, -0.05) is 176 Å². The largest absolute Gasteiger partial charge is 0.468 e. The third-order valence-corrected chi connectivity index (χ3v) is 19.7. The summed E-state index contributed by atoms with van der Waals surface area (Å²) in [6.07, 6.45) is 4.66. The van der Waals surface area contributed by atoms with Crippen LogP contribution in [0.25, 0.3) is 22.1 Å². The van der Waals surface area contributed by atoms with Gasteiger partial charge in [0.2, 0.25) is 0 Å². The molecule has 3 heterocycles. The van der Waals surface area contributed by atoms with E-state index in [1.165, 1.54) is 107 Å². The number of nitrogens with zero attached hydrogens (tertiary/aromatic N) is 2. The first-order valence-electron chi connectivity index (χ1n) is 26.5. The van der Waals surface area contributed by atoms with Crippen LogP contribution in [-0.4, -0.2) is 14.8 Å². The molecule has 11 rings (SSSR count). The molecule has 7 aromatic rings. The van der Waals surface area contributed by atoms with Gasteiger partial charge in [-0.25, -0.2) is 0 Å². The zero-order chi connectivity index (χ0) is 50.0. The fourth-order valence-corrected chi connectivity index (χ4v) is 13.9. The van der Waals surface area contributed by atoms with Crippen molar-refractivity contribution in [3.8, 4) is 11.1 Å². The van der Waals surface area contributed by atoms with E-state index in [-0.39, 0.29) is 39.2 Å². The van der Waals surface area contributed by atoms with Crippen molar-refractivity contribution in [2.75, 3.05) is 9.80 Å². The van der Waals surface area contributed by atoms with Gasteiger partial charge >= 0.3 is 0 Å². The van der Waals surface area contributed by atoms with E-state index in [0.717, 1.165) is 30.5 Å². The van der Waals surface area contributed by atoms with E-state index in [4.69, 9.17) is 4.42 Å². The van der Waals surface area contributed by atoms with Crippen LogP contribution in [0.4, 0.5) is 34.1 Å². The summed E-state index contributed by atoms with van der Waals surface area (Å²) in [6.45, 7) is 40.8. The Balaban J connectivity index is 1.24. The average molecular weight is 941 g/mol. The van der Waals surface area contributed by atoms with Crippen LogP contribution < -0.4 is 31.6 Å². The summed E-state index contributed by atoms with van der Waals surface area (Å²) in [4.78, 5) is 5.23. The third kappa shape index (κ3) is 7.24. The van der Waals surface area contributed by atoms with Crippen LogP contribution in [0.5, 0.6) is 0 Å². The quantitative estimate of drug-likeness (QED) is 0.164. The molecular formula is C65H77BN2OSi. The van der Waals surface area contributed by atoms with Crippen molar-refractivity contribution in [3.05, 3.63) is 143 Å². The molecule has 2 aliphatic heterocycles. The highest BCUT2D eigenvalue weighted by Gasteiger charge is 2.49. The molecule has 0 bridgehead atoms. The maximum atomic E-state index is 7.66. The van der Waals surface area contributed by atoms with E-state index >= 15 is 0 Å². The summed E-state index contributed by atoms with van der Waals surface area (Å²) >= 11 is 0. The lowest BCUT2D eigenvalue weighted by molar-refractivity contribution is 0.332. The van der Waals surface area contributed by atoms with Gasteiger partial charge in [-0.05, 0) is 163 Å². The Labute approximate surface area is 422 Å². The molecule has 1 aromatic heterocycles. The lowest BCUT2D eigenvalue weighted by atomic mass is 9.35. The molecule has 5 heteroatoms. The Morgan fingerprint density at radius 3 is 1.63 bits per heavy atom. The zero-order valence-electron chi connectivity index (χ0n) is 45.6. The zero-order valence-corrected chi connectivity index (χ0v) is 46.6. The summed E-state index contributed by atoms with van der Waals surface area (Å²) in [7, 11) is -1.52. The van der Waals surface area contributed by atoms with Gasteiger partial charge in [0.05, 0.1) is 25.1 Å². The van der Waals surface area contributed by atoms with E-state index in [1.54, 1.807) is 0 Å². The van der Waals surface area contributed by atoms with Gasteiger partial charge in [-0.3, -0.25) is 0 Å². The fourth-order valence-electron chi connectivity index (χ4n) is 12.8. The highest BCUT2D eigenvalue weighted by atomic mass is 28.3. The molecule has 4 aliphatic rings. The Morgan fingerprint density at radius 1 is 0.514 bits per heavy atom. The van der Waals surface area contributed by atoms with Gasteiger partial charge in [-0.15, -0.1) is 0 Å². The van der Waals surface area contributed by atoms with Gasteiger partial charge in [0.1, 0.15) is 5.58 Å². The lowest BCUT2D eigenvalue weighted by Gasteiger charge is -2.45. The third-order valence-electron chi connectivity index (χ3n) is 17.7. The SMILES string of the molecule is CC(C)(C)c1ccc2c(c1)B1c3oc4cc5c(cc4c3N(c3ccc4c(c3)C(C)(C)CCC4(C)C)c3cccc(c31)N2c1ccc(C(C)(C)C)cc1-c1ccc([Si](C)(C)C)cc1)C(C)(C)CCC5(C)C. The predicted molar refractivity (Wildman–Crippen MR) is 307 cm³/mol. The van der Waals surface area contributed by atoms with Gasteiger partial charge in [-0.2, -0.15) is 0 Å². The van der Waals surface area contributed by atoms with Crippen LogP contribution >= 0.6 is 0 Å². The van der Waals surface area contributed by atoms with Crippen LogP contribution in [0.2, 0.25) is 19.6 Å². The monoisotopic (exact) mass is 941 g/mol. The highest BCUT2D eigenvalue weighted by molar-refractivity contribution is 7.00. The van der Waals surface area contributed by atoms with Crippen LogP contribution in [0.15, 0.2) is 114 Å². The summed E-state index contributed by atoms with van der Waals surface area (Å²) in [6, 6.07) is 43.8. The van der Waals surface area contributed by atoms with Crippen molar-refractivity contribution in [2.45, 2.75) is 175 Å². The van der Waals surface area contributed by atoms with Gasteiger partial charge in [0, 0.05) is 33.7 Å². The normalized spacial score (nSPS) is 18.5. The van der Waals surface area contributed by atoms with Crippen LogP contribution in [0.3, 0.4) is 0 Å². The number of anilines is 6. The van der Waals surface area contributed by atoms with E-state index in [9.17, 15) is 0 Å². The molecule has 0 amide bonds. The minimum absolute atomic E-state index is 0.0233. The molecule has 2 aliphatic carbocycles. The van der Waals surface area contributed by atoms with Crippen molar-refractivity contribution >= 4 is 81.7 Å². The number of benzene rings is 6. The van der Waals surface area contributed by atoms with Crippen molar-refractivity contribution in [1.82, 2.24) is 0 Å². The van der Waals surface area contributed by atoms with Crippen LogP contribution in [0.1, 0.15) is 156 Å². The second-order valence-corrected chi connectivity index (χ2v) is 32.7. The molecule has 6 aromatic carbocycles. The van der Waals surface area contributed by atoms with Crippen LogP contribution in [-0.2, 0) is 32.5 Å². The lowest BCUT2D eigenvalue weighted by Crippen LogP contribution is -2.61. The molecular weight excluding hydrogens is 864 g/mol. The van der Waals surface area contributed by atoms with Crippen molar-refractivity contribution in [3.63, 3.8) is 0 Å². The maximum absolute atomic E-state index is 7.66. The minimum Gasteiger partial charge on any atom is -0.468 e. The fraction of sp³-hybridized carbons (Fsp3) is 0.415. The van der Waals surface area contributed by atoms with Crippen molar-refractivity contribution in [1.29, 1.82) is 0 Å². The maximum Gasteiger partial charge on any atom is 0.297 e. The van der Waals surface area contributed by atoms with Gasteiger partial charge in [0.15, 0.2) is 0 Å². The Bertz CT molecular complexity index is 3290. The predicted octanol–water partition coefficient (Wildman–Crippen LogP) is 16.0. The number of furan rings is 1. The second-order valence-electron chi connectivity index (χ2n) is 27.6. The summed E-state index contributed by atoms with van der Waals surface area (Å²) < 4.78 is 7.66. The number of hydrogen-bond acceptors (Lipinski definition) is 3. The Morgan fingerprint density at radius 2 is 1.04 bits per heavy atom. The first-order valence-corrected chi connectivity index (χ1v) is 30.0. The molecule has 3 nitrogen and oxygen atoms in total. The van der Waals surface area contributed by atoms with Gasteiger partial charge < -0.3 is 14.2 Å². The van der Waals surface area contributed by atoms with E-state index in [1.807, 2.05) is 0 Å². The molecule has 0 radical (unpaired) electrons. The van der Waals surface area contributed by atoms with Crippen molar-refractivity contribution in [2.24, 2.45) is 0 Å². The first kappa shape index (κ1) is 47.1. The molecule has 0 spiro atoms. The molecule has 360 valence electrons. The summed E-state index contributed by atoms with van der Waals surface area (Å²) in [5.74, 6) is 0. The van der Waals surface area contributed by atoms with Gasteiger partial charge in [0.25, 0.3) is 6.71 Å². The summed E-state index contributed by atoms with van der Waals surface area (Å²) in [5, 5.41) is 2.69. The standard InChI is InChI=1S/C65H77BN2OSi/c1-60(2,3)41-23-29-52(45(35-41)40-21-26-44(27-22-40)70(15,16)17)68-53-30-24-42(61(4,5)6)36-51(53)66-57-54(19-18-20-55(57)68)67(43-25-28-47-48(37-43)63(9,10)32-31-62(47,7)8)58-46-38-49-50(39-56(46)69-59(58)66)65(13,14)34-33-64(49,11)12/h18-30,35-39H,31-34H2,1-17H3. The smallest absolute Gasteiger partial charge is 0.297 e.